The van der Waals surface area contributed by atoms with Gasteiger partial charge in [0.05, 0.1) is 24.0 Å². The van der Waals surface area contributed by atoms with Crippen molar-refractivity contribution >= 4 is 6.03 Å². The standard InChI is InChI=1S/C18H24N4O2/c1-24-14-16(19-18(23)21-10-5-6-11-21)13-15-9-12-22(20-15)17-7-3-2-4-8-17/h2-4,7-9,12,16H,5-6,10-11,13-14H2,1H3,(H,19,23). The van der Waals surface area contributed by atoms with Gasteiger partial charge >= 0.3 is 6.03 Å². The van der Waals surface area contributed by atoms with Gasteiger partial charge in [0, 0.05) is 32.8 Å². The Bertz CT molecular complexity index is 650. The summed E-state index contributed by atoms with van der Waals surface area (Å²) in [5, 5.41) is 7.67. The van der Waals surface area contributed by atoms with E-state index in [2.05, 4.69) is 10.4 Å². The molecule has 2 aromatic rings. The summed E-state index contributed by atoms with van der Waals surface area (Å²) in [6.07, 6.45) is 4.76. The van der Waals surface area contributed by atoms with Crippen molar-refractivity contribution in [2.24, 2.45) is 0 Å². The van der Waals surface area contributed by atoms with Crippen LogP contribution in [0.3, 0.4) is 0 Å². The molecule has 1 unspecified atom stereocenters. The van der Waals surface area contributed by atoms with Crippen LogP contribution in [0.1, 0.15) is 18.5 Å². The van der Waals surface area contributed by atoms with E-state index >= 15 is 0 Å². The Morgan fingerprint density at radius 2 is 2.00 bits per heavy atom. The zero-order valence-corrected chi connectivity index (χ0v) is 14.0. The molecular weight excluding hydrogens is 304 g/mol. The van der Waals surface area contributed by atoms with Gasteiger partial charge in [-0.25, -0.2) is 9.48 Å². The number of carbonyl (C=O) groups is 1. The first-order valence-electron chi connectivity index (χ1n) is 8.40. The maximum absolute atomic E-state index is 12.3. The molecule has 1 aliphatic rings. The van der Waals surface area contributed by atoms with E-state index in [4.69, 9.17) is 4.74 Å². The Morgan fingerprint density at radius 1 is 1.25 bits per heavy atom. The summed E-state index contributed by atoms with van der Waals surface area (Å²) in [7, 11) is 1.65. The van der Waals surface area contributed by atoms with Crippen LogP contribution < -0.4 is 5.32 Å². The molecule has 6 heteroatoms. The van der Waals surface area contributed by atoms with Crippen LogP contribution in [0.25, 0.3) is 5.69 Å². The van der Waals surface area contributed by atoms with Gasteiger partial charge in [-0.05, 0) is 31.0 Å². The topological polar surface area (TPSA) is 59.4 Å². The smallest absolute Gasteiger partial charge is 0.317 e. The Balaban J connectivity index is 1.63. The average molecular weight is 328 g/mol. The van der Waals surface area contributed by atoms with Gasteiger partial charge in [0.2, 0.25) is 0 Å². The molecule has 3 rings (SSSR count). The fraction of sp³-hybridized carbons (Fsp3) is 0.444. The Morgan fingerprint density at radius 3 is 2.71 bits per heavy atom. The van der Waals surface area contributed by atoms with Crippen LogP contribution in [-0.4, -0.2) is 53.6 Å². The third-order valence-corrected chi connectivity index (χ3v) is 4.21. The van der Waals surface area contributed by atoms with Gasteiger partial charge in [0.25, 0.3) is 0 Å². The lowest BCUT2D eigenvalue weighted by Crippen LogP contribution is -2.46. The number of nitrogens with one attached hydrogen (secondary N) is 1. The summed E-state index contributed by atoms with van der Waals surface area (Å²) in [4.78, 5) is 14.1. The van der Waals surface area contributed by atoms with Crippen molar-refractivity contribution in [2.45, 2.75) is 25.3 Å². The molecule has 24 heavy (non-hydrogen) atoms. The first kappa shape index (κ1) is 16.5. The van der Waals surface area contributed by atoms with Crippen molar-refractivity contribution in [1.82, 2.24) is 20.0 Å². The molecule has 1 atom stereocenters. The molecule has 0 spiro atoms. The first-order valence-corrected chi connectivity index (χ1v) is 8.40. The molecule has 2 amide bonds. The monoisotopic (exact) mass is 328 g/mol. The lowest BCUT2D eigenvalue weighted by molar-refractivity contribution is 0.157. The number of hydrogen-bond donors (Lipinski definition) is 1. The number of nitrogens with zero attached hydrogens (tertiary/aromatic N) is 3. The maximum atomic E-state index is 12.3. The van der Waals surface area contributed by atoms with Gasteiger partial charge in [-0.1, -0.05) is 18.2 Å². The molecule has 6 nitrogen and oxygen atoms in total. The minimum atomic E-state index is -0.0813. The van der Waals surface area contributed by atoms with Crippen LogP contribution in [0.4, 0.5) is 4.79 Å². The highest BCUT2D eigenvalue weighted by Gasteiger charge is 2.21. The zero-order chi connectivity index (χ0) is 16.8. The molecule has 0 bridgehead atoms. The lowest BCUT2D eigenvalue weighted by Gasteiger charge is -2.22. The molecule has 128 valence electrons. The molecule has 0 saturated carbocycles. The molecule has 1 aliphatic heterocycles. The summed E-state index contributed by atoms with van der Waals surface area (Å²) in [5.41, 5.74) is 1.95. The number of hydrogen-bond acceptors (Lipinski definition) is 3. The second-order valence-corrected chi connectivity index (χ2v) is 6.09. The van der Waals surface area contributed by atoms with Gasteiger partial charge in [0.1, 0.15) is 0 Å². The average Bonchev–Trinajstić information content (AvgIpc) is 3.28. The minimum Gasteiger partial charge on any atom is -0.383 e. The van der Waals surface area contributed by atoms with E-state index in [1.165, 1.54) is 0 Å². The Labute approximate surface area is 142 Å². The maximum Gasteiger partial charge on any atom is 0.317 e. The van der Waals surface area contributed by atoms with E-state index in [0.29, 0.717) is 13.0 Å². The highest BCUT2D eigenvalue weighted by atomic mass is 16.5. The predicted octanol–water partition coefficient (Wildman–Crippen LogP) is 2.24. The van der Waals surface area contributed by atoms with Crippen molar-refractivity contribution in [2.75, 3.05) is 26.8 Å². The number of para-hydroxylation sites is 1. The van der Waals surface area contributed by atoms with Crippen LogP contribution in [0.15, 0.2) is 42.6 Å². The fourth-order valence-corrected chi connectivity index (χ4v) is 2.99. The van der Waals surface area contributed by atoms with Crippen molar-refractivity contribution in [3.63, 3.8) is 0 Å². The number of methoxy groups -OCH3 is 1. The highest BCUT2D eigenvalue weighted by Crippen LogP contribution is 2.10. The van der Waals surface area contributed by atoms with Gasteiger partial charge in [-0.2, -0.15) is 5.10 Å². The second-order valence-electron chi connectivity index (χ2n) is 6.09. The van der Waals surface area contributed by atoms with Crippen LogP contribution in [0.2, 0.25) is 0 Å². The van der Waals surface area contributed by atoms with Crippen LogP contribution in [0.5, 0.6) is 0 Å². The van der Waals surface area contributed by atoms with E-state index in [0.717, 1.165) is 37.3 Å². The van der Waals surface area contributed by atoms with Gasteiger partial charge in [-0.3, -0.25) is 0 Å². The number of carbonyl (C=O) groups excluding carboxylic acids is 1. The Hall–Kier alpha value is -2.34. The van der Waals surface area contributed by atoms with Crippen molar-refractivity contribution in [3.05, 3.63) is 48.3 Å². The number of urea groups is 1. The van der Waals surface area contributed by atoms with Gasteiger partial charge < -0.3 is 15.0 Å². The summed E-state index contributed by atoms with van der Waals surface area (Å²) in [5.74, 6) is 0. The van der Waals surface area contributed by atoms with Crippen LogP contribution in [-0.2, 0) is 11.2 Å². The SMILES string of the molecule is COCC(Cc1ccn(-c2ccccc2)n1)NC(=O)N1CCCC1. The van der Waals surface area contributed by atoms with E-state index in [9.17, 15) is 4.79 Å². The third kappa shape index (κ3) is 4.14. The van der Waals surface area contributed by atoms with Crippen molar-refractivity contribution < 1.29 is 9.53 Å². The summed E-state index contributed by atoms with van der Waals surface area (Å²) >= 11 is 0. The predicted molar refractivity (Wildman–Crippen MR) is 92.3 cm³/mol. The number of amides is 2. The molecule has 1 N–H and O–H groups in total. The molecule has 1 aromatic heterocycles. The number of benzene rings is 1. The molecule has 1 fully saturated rings. The molecular formula is C18H24N4O2. The van der Waals surface area contributed by atoms with E-state index in [1.54, 1.807) is 7.11 Å². The molecule has 1 aromatic carbocycles. The number of aromatic nitrogens is 2. The summed E-state index contributed by atoms with van der Waals surface area (Å²) in [6, 6.07) is 11.9. The zero-order valence-electron chi connectivity index (χ0n) is 14.0. The van der Waals surface area contributed by atoms with E-state index < -0.39 is 0 Å². The van der Waals surface area contributed by atoms with Crippen LogP contribution in [0, 0.1) is 0 Å². The van der Waals surface area contributed by atoms with Gasteiger partial charge in [-0.15, -0.1) is 0 Å². The first-order chi connectivity index (χ1) is 11.8. The van der Waals surface area contributed by atoms with Crippen molar-refractivity contribution in [1.29, 1.82) is 0 Å². The lowest BCUT2D eigenvalue weighted by atomic mass is 10.2. The quantitative estimate of drug-likeness (QED) is 0.885. The largest absolute Gasteiger partial charge is 0.383 e. The fourth-order valence-electron chi connectivity index (χ4n) is 2.99. The Kier molecular flexibility index (Phi) is 5.48. The van der Waals surface area contributed by atoms with E-state index in [-0.39, 0.29) is 12.1 Å². The molecule has 2 heterocycles. The van der Waals surface area contributed by atoms with Crippen LogP contribution >= 0.6 is 0 Å². The molecule has 1 saturated heterocycles. The number of ether oxygens (including phenoxy) is 1. The van der Waals surface area contributed by atoms with E-state index in [1.807, 2.05) is 52.2 Å². The van der Waals surface area contributed by atoms with Crippen molar-refractivity contribution in [3.8, 4) is 5.69 Å². The summed E-state index contributed by atoms with van der Waals surface area (Å²) < 4.78 is 7.11. The molecule has 0 radical (unpaired) electrons. The highest BCUT2D eigenvalue weighted by molar-refractivity contribution is 5.74. The van der Waals surface area contributed by atoms with Gasteiger partial charge in [0.15, 0.2) is 0 Å². The number of rotatable bonds is 6. The molecule has 0 aliphatic carbocycles. The normalized spacial score (nSPS) is 15.5. The third-order valence-electron chi connectivity index (χ3n) is 4.21. The minimum absolute atomic E-state index is 0.00274. The second kappa shape index (κ2) is 7.97. The summed E-state index contributed by atoms with van der Waals surface area (Å²) in [6.45, 7) is 2.15. The number of likely N-dealkylation sites (tertiary alicyclic amines) is 1.